The fraction of sp³-hybridized carbons (Fsp3) is 0.353. The quantitative estimate of drug-likeness (QED) is 0.778. The number of hydrogen-bond acceptors (Lipinski definition) is 4. The molecule has 0 saturated heterocycles. The van der Waals surface area contributed by atoms with Gasteiger partial charge in [0.05, 0.1) is 25.6 Å². The van der Waals surface area contributed by atoms with Crippen molar-refractivity contribution >= 4 is 34.8 Å². The average Bonchev–Trinajstić information content (AvgIpc) is 3.40. The van der Waals surface area contributed by atoms with Gasteiger partial charge < -0.3 is 14.8 Å². The SMILES string of the molecule is COc1cnc(C(=O)Nc2c(Cl)c[n+](C)cc2Cl)cc1OCC1CC1. The van der Waals surface area contributed by atoms with Gasteiger partial charge in [-0.2, -0.15) is 0 Å². The second kappa shape index (κ2) is 7.45. The van der Waals surface area contributed by atoms with E-state index >= 15 is 0 Å². The van der Waals surface area contributed by atoms with Crippen molar-refractivity contribution in [2.75, 3.05) is 19.0 Å². The van der Waals surface area contributed by atoms with E-state index in [2.05, 4.69) is 10.3 Å². The lowest BCUT2D eigenvalue weighted by Crippen LogP contribution is -2.27. The molecule has 2 aromatic heterocycles. The lowest BCUT2D eigenvalue weighted by molar-refractivity contribution is -0.671. The summed E-state index contributed by atoms with van der Waals surface area (Å²) in [7, 11) is 3.32. The number of rotatable bonds is 6. The molecule has 2 aromatic rings. The van der Waals surface area contributed by atoms with Crippen molar-refractivity contribution in [2.45, 2.75) is 12.8 Å². The van der Waals surface area contributed by atoms with Gasteiger partial charge in [-0.3, -0.25) is 4.79 Å². The van der Waals surface area contributed by atoms with Crippen molar-refractivity contribution in [3.63, 3.8) is 0 Å². The van der Waals surface area contributed by atoms with Crippen LogP contribution >= 0.6 is 23.2 Å². The number of carbonyl (C=O) groups excluding carboxylic acids is 1. The van der Waals surface area contributed by atoms with Crippen molar-refractivity contribution in [3.05, 3.63) is 40.4 Å². The molecule has 1 fully saturated rings. The molecule has 0 unspecified atom stereocenters. The van der Waals surface area contributed by atoms with Gasteiger partial charge in [0.15, 0.2) is 23.9 Å². The minimum atomic E-state index is -0.434. The highest BCUT2D eigenvalue weighted by atomic mass is 35.5. The van der Waals surface area contributed by atoms with Gasteiger partial charge in [0.2, 0.25) is 0 Å². The molecule has 0 spiro atoms. The van der Waals surface area contributed by atoms with Crippen LogP contribution in [0.5, 0.6) is 11.5 Å². The van der Waals surface area contributed by atoms with Gasteiger partial charge in [0.1, 0.15) is 22.8 Å². The van der Waals surface area contributed by atoms with Crippen LogP contribution in [-0.2, 0) is 7.05 Å². The van der Waals surface area contributed by atoms with Crippen LogP contribution in [0.1, 0.15) is 23.3 Å². The molecule has 0 atom stereocenters. The molecule has 25 heavy (non-hydrogen) atoms. The van der Waals surface area contributed by atoms with Crippen LogP contribution < -0.4 is 19.4 Å². The van der Waals surface area contributed by atoms with E-state index in [0.29, 0.717) is 39.8 Å². The van der Waals surface area contributed by atoms with Crippen LogP contribution in [0.2, 0.25) is 10.0 Å². The zero-order valence-electron chi connectivity index (χ0n) is 13.9. The summed E-state index contributed by atoms with van der Waals surface area (Å²) in [6, 6.07) is 1.56. The molecule has 0 aromatic carbocycles. The van der Waals surface area contributed by atoms with E-state index in [1.807, 2.05) is 0 Å². The third-order valence-electron chi connectivity index (χ3n) is 3.81. The number of halogens is 2. The Morgan fingerprint density at radius 3 is 2.60 bits per heavy atom. The van der Waals surface area contributed by atoms with Crippen molar-refractivity contribution in [2.24, 2.45) is 13.0 Å². The zero-order chi connectivity index (χ0) is 18.0. The van der Waals surface area contributed by atoms with E-state index < -0.39 is 5.91 Å². The Balaban J connectivity index is 1.80. The van der Waals surface area contributed by atoms with E-state index in [9.17, 15) is 4.79 Å². The number of nitrogens with zero attached hydrogens (tertiary/aromatic N) is 2. The number of hydrogen-bond donors (Lipinski definition) is 1. The van der Waals surface area contributed by atoms with Gasteiger partial charge in [0, 0.05) is 6.07 Å². The maximum atomic E-state index is 12.5. The van der Waals surface area contributed by atoms with Crippen molar-refractivity contribution < 1.29 is 18.8 Å². The highest BCUT2D eigenvalue weighted by Gasteiger charge is 2.23. The molecule has 1 N–H and O–H groups in total. The molecule has 0 aliphatic heterocycles. The van der Waals surface area contributed by atoms with E-state index in [-0.39, 0.29) is 5.69 Å². The third kappa shape index (κ3) is 4.32. The molecule has 0 bridgehead atoms. The Morgan fingerprint density at radius 1 is 1.32 bits per heavy atom. The first kappa shape index (κ1) is 17.8. The maximum Gasteiger partial charge on any atom is 0.274 e. The number of ether oxygens (including phenoxy) is 2. The number of aromatic nitrogens is 2. The summed E-state index contributed by atoms with van der Waals surface area (Å²) in [5, 5.41) is 3.36. The molecule has 132 valence electrons. The van der Waals surface area contributed by atoms with Crippen molar-refractivity contribution in [3.8, 4) is 11.5 Å². The fourth-order valence-corrected chi connectivity index (χ4v) is 2.90. The molecule has 3 rings (SSSR count). The highest BCUT2D eigenvalue weighted by Crippen LogP contribution is 2.33. The highest BCUT2D eigenvalue weighted by molar-refractivity contribution is 6.39. The summed E-state index contributed by atoms with van der Waals surface area (Å²) in [6.45, 7) is 0.605. The Kier molecular flexibility index (Phi) is 5.30. The molecule has 1 amide bonds. The second-order valence-electron chi connectivity index (χ2n) is 5.92. The summed E-state index contributed by atoms with van der Waals surface area (Å²) in [5.41, 5.74) is 0.524. The Bertz CT molecular complexity index is 787. The average molecular weight is 383 g/mol. The number of carbonyl (C=O) groups is 1. The van der Waals surface area contributed by atoms with Gasteiger partial charge in [-0.1, -0.05) is 23.2 Å². The fourth-order valence-electron chi connectivity index (χ4n) is 2.24. The van der Waals surface area contributed by atoms with Gasteiger partial charge in [0.25, 0.3) is 5.91 Å². The number of anilines is 1. The van der Waals surface area contributed by atoms with Crippen LogP contribution in [-0.4, -0.2) is 24.6 Å². The predicted molar refractivity (Wildman–Crippen MR) is 94.6 cm³/mol. The van der Waals surface area contributed by atoms with E-state index in [1.165, 1.54) is 26.1 Å². The lowest BCUT2D eigenvalue weighted by Gasteiger charge is -2.12. The molecule has 6 nitrogen and oxygen atoms in total. The molecular weight excluding hydrogens is 365 g/mol. The minimum absolute atomic E-state index is 0.187. The van der Waals surface area contributed by atoms with E-state index in [1.54, 1.807) is 30.1 Å². The Hall–Kier alpha value is -2.05. The first-order valence-electron chi connectivity index (χ1n) is 7.80. The lowest BCUT2D eigenvalue weighted by atomic mass is 10.3. The number of nitrogens with one attached hydrogen (secondary N) is 1. The van der Waals surface area contributed by atoms with Gasteiger partial charge >= 0.3 is 0 Å². The molecule has 1 aliphatic rings. The molecule has 0 radical (unpaired) electrons. The van der Waals surface area contributed by atoms with E-state index in [0.717, 1.165) is 0 Å². The normalized spacial score (nSPS) is 13.4. The minimum Gasteiger partial charge on any atom is -0.491 e. The Morgan fingerprint density at radius 2 is 2.00 bits per heavy atom. The maximum absolute atomic E-state index is 12.5. The van der Waals surface area contributed by atoms with Crippen molar-refractivity contribution in [1.29, 1.82) is 0 Å². The largest absolute Gasteiger partial charge is 0.491 e. The molecular formula is C17H18Cl2N3O3+. The smallest absolute Gasteiger partial charge is 0.274 e. The monoisotopic (exact) mass is 382 g/mol. The predicted octanol–water partition coefficient (Wildman–Crippen LogP) is 3.26. The van der Waals surface area contributed by atoms with Crippen LogP contribution in [0.4, 0.5) is 5.69 Å². The third-order valence-corrected chi connectivity index (χ3v) is 4.38. The number of methoxy groups -OCH3 is 1. The van der Waals surface area contributed by atoms with Crippen LogP contribution in [0.3, 0.4) is 0 Å². The first-order chi connectivity index (χ1) is 12.0. The summed E-state index contributed by atoms with van der Waals surface area (Å²) >= 11 is 12.3. The molecule has 2 heterocycles. The summed E-state index contributed by atoms with van der Waals surface area (Å²) in [4.78, 5) is 16.6. The first-order valence-corrected chi connectivity index (χ1v) is 8.56. The number of pyridine rings is 2. The van der Waals surface area contributed by atoms with Gasteiger partial charge in [-0.15, -0.1) is 0 Å². The molecule has 1 saturated carbocycles. The van der Waals surface area contributed by atoms with Gasteiger partial charge in [-0.05, 0) is 18.8 Å². The summed E-state index contributed by atoms with van der Waals surface area (Å²) < 4.78 is 12.7. The van der Waals surface area contributed by atoms with E-state index in [4.69, 9.17) is 32.7 Å². The van der Waals surface area contributed by atoms with Crippen LogP contribution in [0.15, 0.2) is 24.7 Å². The zero-order valence-corrected chi connectivity index (χ0v) is 15.4. The molecule has 1 aliphatic carbocycles. The summed E-state index contributed by atoms with van der Waals surface area (Å²) in [5.74, 6) is 1.13. The second-order valence-corrected chi connectivity index (χ2v) is 6.74. The standard InChI is InChI=1S/C17H17Cl2N3O3/c1-22-7-11(18)16(12(19)8-22)21-17(23)13-5-14(15(24-2)6-20-13)25-9-10-3-4-10/h5-8,10H,3-4,9H2,1-2H3/p+1. The number of aryl methyl sites for hydroxylation is 1. The summed E-state index contributed by atoms with van der Waals surface area (Å²) in [6.07, 6.45) is 7.10. The topological polar surface area (TPSA) is 64.3 Å². The van der Waals surface area contributed by atoms with Crippen LogP contribution in [0, 0.1) is 5.92 Å². The van der Waals surface area contributed by atoms with Crippen molar-refractivity contribution in [1.82, 2.24) is 4.98 Å². The molecule has 8 heteroatoms. The Labute approximate surface area is 155 Å². The number of amides is 1. The van der Waals surface area contributed by atoms with Gasteiger partial charge in [-0.25, -0.2) is 9.55 Å². The van der Waals surface area contributed by atoms with Crippen LogP contribution in [0.25, 0.3) is 0 Å².